The molecule has 1 aromatic heterocycles. The van der Waals surface area contributed by atoms with Crippen LogP contribution >= 0.6 is 23.1 Å². The molecule has 1 amide bonds. The summed E-state index contributed by atoms with van der Waals surface area (Å²) in [6, 6.07) is 8.73. The van der Waals surface area contributed by atoms with Gasteiger partial charge < -0.3 is 15.4 Å². The maximum atomic E-state index is 12.2. The van der Waals surface area contributed by atoms with Gasteiger partial charge >= 0.3 is 5.97 Å². The fourth-order valence-electron chi connectivity index (χ4n) is 2.05. The van der Waals surface area contributed by atoms with Crippen LogP contribution in [0.4, 0.5) is 5.13 Å². The van der Waals surface area contributed by atoms with Gasteiger partial charge in [-0.1, -0.05) is 59.5 Å². The predicted octanol–water partition coefficient (Wildman–Crippen LogP) is 2.13. The number of nitrogens with zero attached hydrogens (tertiary/aromatic N) is 2. The number of ether oxygens (including phenoxy) is 1. The van der Waals surface area contributed by atoms with Crippen LogP contribution in [-0.2, 0) is 20.7 Å². The number of carbonyl (C=O) groups is 2. The Bertz CT molecular complexity index is 737. The maximum Gasteiger partial charge on any atom is 0.328 e. The summed E-state index contributed by atoms with van der Waals surface area (Å²) in [5.41, 5.74) is 0.943. The van der Waals surface area contributed by atoms with E-state index < -0.39 is 12.0 Å². The molecule has 138 valence electrons. The summed E-state index contributed by atoms with van der Waals surface area (Å²) in [4.78, 5) is 24.2. The first kappa shape index (κ1) is 19.9. The summed E-state index contributed by atoms with van der Waals surface area (Å²) in [7, 11) is 1.31. The topological polar surface area (TPSA) is 93.2 Å². The summed E-state index contributed by atoms with van der Waals surface area (Å²) < 4.78 is 5.46. The highest BCUT2D eigenvalue weighted by Gasteiger charge is 2.22. The zero-order chi connectivity index (χ0) is 18.8. The third kappa shape index (κ3) is 6.49. The van der Waals surface area contributed by atoms with Gasteiger partial charge in [0.15, 0.2) is 4.34 Å². The minimum atomic E-state index is -0.727. The molecule has 0 radical (unpaired) electrons. The Kier molecular flexibility index (Phi) is 8.10. The highest BCUT2D eigenvalue weighted by molar-refractivity contribution is 8.01. The number of rotatable bonds is 10. The Hall–Kier alpha value is -2.39. The van der Waals surface area contributed by atoms with Crippen molar-refractivity contribution in [1.82, 2.24) is 15.5 Å². The molecule has 0 unspecified atom stereocenters. The molecule has 0 saturated heterocycles. The summed E-state index contributed by atoms with van der Waals surface area (Å²) >= 11 is 2.62. The van der Waals surface area contributed by atoms with Gasteiger partial charge in [0.1, 0.15) is 6.04 Å². The minimum Gasteiger partial charge on any atom is -0.467 e. The second-order valence-electron chi connectivity index (χ2n) is 5.16. The molecule has 0 aliphatic rings. The molecule has 1 aromatic carbocycles. The van der Waals surface area contributed by atoms with Crippen molar-refractivity contribution in [2.24, 2.45) is 0 Å². The molecular formula is C17H20N4O3S2. The summed E-state index contributed by atoms with van der Waals surface area (Å²) in [5, 5.41) is 14.4. The van der Waals surface area contributed by atoms with E-state index in [1.807, 2.05) is 30.3 Å². The van der Waals surface area contributed by atoms with E-state index >= 15 is 0 Å². The number of benzene rings is 1. The van der Waals surface area contributed by atoms with E-state index in [1.54, 1.807) is 6.08 Å². The average molecular weight is 393 g/mol. The number of nitrogens with one attached hydrogen (secondary N) is 2. The molecular weight excluding hydrogens is 372 g/mol. The van der Waals surface area contributed by atoms with Crippen LogP contribution in [0.5, 0.6) is 0 Å². The number of aromatic nitrogens is 2. The lowest BCUT2D eigenvalue weighted by Crippen LogP contribution is -2.43. The first-order valence-corrected chi connectivity index (χ1v) is 9.64. The van der Waals surface area contributed by atoms with Crippen molar-refractivity contribution in [3.8, 4) is 0 Å². The van der Waals surface area contributed by atoms with E-state index in [0.717, 1.165) is 5.56 Å². The van der Waals surface area contributed by atoms with Crippen LogP contribution in [0.2, 0.25) is 0 Å². The average Bonchev–Trinajstić information content (AvgIpc) is 3.12. The van der Waals surface area contributed by atoms with Crippen LogP contribution in [0.3, 0.4) is 0 Å². The molecule has 0 saturated carbocycles. The van der Waals surface area contributed by atoms with Crippen molar-refractivity contribution < 1.29 is 14.3 Å². The largest absolute Gasteiger partial charge is 0.467 e. The van der Waals surface area contributed by atoms with Crippen LogP contribution in [0, 0.1) is 0 Å². The zero-order valence-corrected chi connectivity index (χ0v) is 15.9. The van der Waals surface area contributed by atoms with Crippen LogP contribution in [0.1, 0.15) is 5.56 Å². The van der Waals surface area contributed by atoms with E-state index in [9.17, 15) is 9.59 Å². The Balaban J connectivity index is 1.87. The Labute approximate surface area is 160 Å². The van der Waals surface area contributed by atoms with Crippen LogP contribution in [0.25, 0.3) is 0 Å². The number of amides is 1. The fraction of sp³-hybridized carbons (Fsp3) is 0.294. The van der Waals surface area contributed by atoms with Crippen molar-refractivity contribution >= 4 is 40.1 Å². The predicted molar refractivity (Wildman–Crippen MR) is 103 cm³/mol. The Morgan fingerprint density at radius 2 is 2.12 bits per heavy atom. The molecule has 7 nitrogen and oxygen atoms in total. The van der Waals surface area contributed by atoms with Gasteiger partial charge in [0, 0.05) is 13.0 Å². The van der Waals surface area contributed by atoms with Crippen molar-refractivity contribution in [1.29, 1.82) is 0 Å². The van der Waals surface area contributed by atoms with Gasteiger partial charge in [-0.2, -0.15) is 0 Å². The van der Waals surface area contributed by atoms with Crippen LogP contribution < -0.4 is 10.6 Å². The van der Waals surface area contributed by atoms with Crippen molar-refractivity contribution in [2.45, 2.75) is 16.8 Å². The highest BCUT2D eigenvalue weighted by Crippen LogP contribution is 2.25. The highest BCUT2D eigenvalue weighted by atomic mass is 32.2. The number of hydrogen-bond donors (Lipinski definition) is 2. The molecule has 1 heterocycles. The van der Waals surface area contributed by atoms with E-state index in [4.69, 9.17) is 4.74 Å². The van der Waals surface area contributed by atoms with Crippen molar-refractivity contribution in [2.75, 3.05) is 24.7 Å². The summed E-state index contributed by atoms with van der Waals surface area (Å²) in [5.74, 6) is -0.602. The van der Waals surface area contributed by atoms with E-state index in [2.05, 4.69) is 27.4 Å². The molecule has 1 atom stereocenters. The second-order valence-corrected chi connectivity index (χ2v) is 7.36. The van der Waals surface area contributed by atoms with Crippen molar-refractivity contribution in [3.63, 3.8) is 0 Å². The summed E-state index contributed by atoms with van der Waals surface area (Å²) in [6.45, 7) is 4.22. The van der Waals surface area contributed by atoms with Gasteiger partial charge in [-0.05, 0) is 5.56 Å². The second kappa shape index (κ2) is 10.6. The zero-order valence-electron chi connectivity index (χ0n) is 14.3. The normalized spacial score (nSPS) is 11.4. The molecule has 0 aliphatic heterocycles. The standard InChI is InChI=1S/C17H20N4O3S2/c1-3-9-18-16-20-21-17(26-16)25-11-14(22)19-13(15(23)24-2)10-12-7-5-4-6-8-12/h3-8,13H,1,9-11H2,2H3,(H,18,20)(H,19,22)/t13-/m0/s1. The molecule has 0 spiro atoms. The maximum absolute atomic E-state index is 12.2. The monoisotopic (exact) mass is 392 g/mol. The third-order valence-corrected chi connectivity index (χ3v) is 5.25. The first-order valence-electron chi connectivity index (χ1n) is 7.84. The quantitative estimate of drug-likeness (QED) is 0.363. The van der Waals surface area contributed by atoms with Gasteiger partial charge in [0.25, 0.3) is 0 Å². The molecule has 26 heavy (non-hydrogen) atoms. The number of thioether (sulfide) groups is 1. The van der Waals surface area contributed by atoms with Crippen molar-refractivity contribution in [3.05, 3.63) is 48.6 Å². The van der Waals surface area contributed by atoms with Gasteiger partial charge in [-0.3, -0.25) is 4.79 Å². The lowest BCUT2D eigenvalue weighted by atomic mass is 10.1. The fourth-order valence-corrected chi connectivity index (χ4v) is 3.62. The molecule has 0 fully saturated rings. The molecule has 9 heteroatoms. The number of methoxy groups -OCH3 is 1. The van der Waals surface area contributed by atoms with Gasteiger partial charge in [0.2, 0.25) is 11.0 Å². The number of anilines is 1. The van der Waals surface area contributed by atoms with E-state index in [-0.39, 0.29) is 11.7 Å². The van der Waals surface area contributed by atoms with Gasteiger partial charge in [-0.25, -0.2) is 4.79 Å². The van der Waals surface area contributed by atoms with Gasteiger partial charge in [0.05, 0.1) is 12.9 Å². The smallest absolute Gasteiger partial charge is 0.328 e. The lowest BCUT2D eigenvalue weighted by molar-refractivity contribution is -0.144. The van der Waals surface area contributed by atoms with E-state index in [1.165, 1.54) is 30.2 Å². The van der Waals surface area contributed by atoms with Crippen LogP contribution in [-0.4, -0.2) is 47.5 Å². The molecule has 2 N–H and O–H groups in total. The number of esters is 1. The first-order chi connectivity index (χ1) is 12.6. The minimum absolute atomic E-state index is 0.137. The van der Waals surface area contributed by atoms with E-state index in [0.29, 0.717) is 22.4 Å². The Morgan fingerprint density at radius 1 is 1.35 bits per heavy atom. The lowest BCUT2D eigenvalue weighted by Gasteiger charge is -2.16. The third-order valence-electron chi connectivity index (χ3n) is 3.23. The summed E-state index contributed by atoms with van der Waals surface area (Å²) in [6.07, 6.45) is 2.10. The Morgan fingerprint density at radius 3 is 2.81 bits per heavy atom. The molecule has 0 bridgehead atoms. The molecule has 0 aliphatic carbocycles. The molecule has 2 aromatic rings. The van der Waals surface area contributed by atoms with Crippen LogP contribution in [0.15, 0.2) is 47.3 Å². The van der Waals surface area contributed by atoms with Gasteiger partial charge in [-0.15, -0.1) is 16.8 Å². The molecule has 2 rings (SSSR count). The number of carbonyl (C=O) groups excluding carboxylic acids is 2. The number of hydrogen-bond acceptors (Lipinski definition) is 8. The SMILES string of the molecule is C=CCNc1nnc(SCC(=O)N[C@@H](Cc2ccccc2)C(=O)OC)s1.